The van der Waals surface area contributed by atoms with E-state index >= 15 is 0 Å². The molecule has 1 fully saturated rings. The van der Waals surface area contributed by atoms with Gasteiger partial charge in [0.2, 0.25) is 0 Å². The molecule has 0 atom stereocenters. The summed E-state index contributed by atoms with van der Waals surface area (Å²) in [5.74, 6) is 0. The predicted molar refractivity (Wildman–Crippen MR) is 594 cm³/mol. The first kappa shape index (κ1) is 87.2. The van der Waals surface area contributed by atoms with Gasteiger partial charge in [-0.25, -0.2) is 0 Å². The van der Waals surface area contributed by atoms with Crippen molar-refractivity contribution in [2.45, 2.75) is 77.4 Å². The van der Waals surface area contributed by atoms with E-state index in [2.05, 4.69) is 481 Å². The Balaban J connectivity index is 0.000000120. The van der Waals surface area contributed by atoms with E-state index in [9.17, 15) is 0 Å². The third-order valence-electron chi connectivity index (χ3n) is 29.9. The van der Waals surface area contributed by atoms with Crippen LogP contribution < -0.4 is 15.3 Å². The zero-order chi connectivity index (χ0) is 95.9. The number of anilines is 6. The average molecular weight is 1900 g/mol. The van der Waals surface area contributed by atoms with E-state index in [1.54, 1.807) is 0 Å². The van der Waals surface area contributed by atoms with Gasteiger partial charge in [-0.3, -0.25) is 0 Å². The third kappa shape index (κ3) is 15.5. The number of nitrogens with zero attached hydrogens (tertiary/aromatic N) is 2. The second-order valence-electron chi connectivity index (χ2n) is 39.8. The molecule has 0 amide bonds. The number of furan rings is 4. The quantitative estimate of drug-likeness (QED) is 0.0997. The van der Waals surface area contributed by atoms with Crippen LogP contribution in [-0.4, -0.2) is 18.3 Å². The summed E-state index contributed by atoms with van der Waals surface area (Å²) in [6.07, 6.45) is 0. The fourth-order valence-electron chi connectivity index (χ4n) is 21.7. The van der Waals surface area contributed by atoms with E-state index in [0.717, 1.165) is 182 Å². The average Bonchev–Trinajstić information content (AvgIpc) is 1.57. The van der Waals surface area contributed by atoms with Crippen molar-refractivity contribution in [1.29, 1.82) is 0 Å². The lowest BCUT2D eigenvalue weighted by Crippen LogP contribution is -2.41. The summed E-state index contributed by atoms with van der Waals surface area (Å²) in [7, 11) is -0.476. The first-order chi connectivity index (χ1) is 69.2. The number of rotatable bonds is 14. The van der Waals surface area contributed by atoms with Gasteiger partial charge in [-0.1, -0.05) is 311 Å². The molecule has 5 heterocycles. The van der Waals surface area contributed by atoms with Crippen molar-refractivity contribution in [2.75, 3.05) is 9.80 Å². The summed E-state index contributed by atoms with van der Waals surface area (Å²) in [4.78, 5) is 4.75. The third-order valence-corrected chi connectivity index (χ3v) is 30.4. The van der Waals surface area contributed by atoms with Gasteiger partial charge in [0.05, 0.1) is 11.2 Å². The number of hydrogen-bond donors (Lipinski definition) is 0. The monoisotopic (exact) mass is 1900 g/mol. The Kier molecular flexibility index (Phi) is 21.3. The lowest BCUT2D eigenvalue weighted by Gasteiger charge is -2.32. The number of halogens is 1. The van der Waals surface area contributed by atoms with Gasteiger partial charge in [0.15, 0.2) is 0 Å². The molecule has 0 unspecified atom stereocenters. The maximum Gasteiger partial charge on any atom is 0.494 e. The first-order valence-electron chi connectivity index (χ1n) is 48.8. The highest BCUT2D eigenvalue weighted by molar-refractivity contribution is 9.10. The smallest absolute Gasteiger partial charge is 0.456 e. The van der Waals surface area contributed by atoms with E-state index in [-0.39, 0.29) is 10.8 Å². The molecular formula is C132H98BBrN2O6. The number of fused-ring (bicyclic) bond motifs is 18. The number of hydrogen-bond acceptors (Lipinski definition) is 8. The fraction of sp³-hybridized carbons (Fsp3) is 0.0909. The molecule has 10 heteroatoms. The normalized spacial score (nSPS) is 14.0. The molecule has 682 valence electrons. The van der Waals surface area contributed by atoms with Gasteiger partial charge in [0, 0.05) is 92.5 Å². The molecule has 24 aromatic rings. The minimum Gasteiger partial charge on any atom is -0.456 e. The molecule has 142 heavy (non-hydrogen) atoms. The van der Waals surface area contributed by atoms with Crippen LogP contribution in [0.25, 0.3) is 188 Å². The molecule has 27 rings (SSSR count). The van der Waals surface area contributed by atoms with E-state index in [1.165, 1.54) is 72.4 Å². The molecule has 1 aliphatic heterocycles. The van der Waals surface area contributed by atoms with Gasteiger partial charge in [-0.15, -0.1) is 0 Å². The summed E-state index contributed by atoms with van der Waals surface area (Å²) in [5.41, 5.74) is 40.7. The number of benzene rings is 20. The van der Waals surface area contributed by atoms with Crippen molar-refractivity contribution in [2.24, 2.45) is 0 Å². The number of para-hydroxylation sites is 4. The molecule has 4 aromatic heterocycles. The van der Waals surface area contributed by atoms with Gasteiger partial charge < -0.3 is 36.8 Å². The van der Waals surface area contributed by atoms with E-state index in [0.29, 0.717) is 0 Å². The minimum absolute atomic E-state index is 0.0372. The largest absolute Gasteiger partial charge is 0.494 e. The van der Waals surface area contributed by atoms with Crippen LogP contribution in [0.15, 0.2) is 471 Å². The van der Waals surface area contributed by atoms with Crippen LogP contribution in [0.5, 0.6) is 0 Å². The standard InChI is InChI=1S/C63H43NO2.C36H29BO4.C33H26BrN/c1-63(2)57-17-9-6-14-51(57)52-31-30-50(39-58(52)63)64(48-26-20-41(21-27-48)40-12-4-3-5-13-40)49-28-22-42(23-29-49)45-34-46(43-24-32-61-55(37-43)53-15-7-10-18-59(53)65-61)36-47(35-45)44-25-33-62-56(38-44)54-16-8-11-19-60(54)66-62;1-35(2)36(3,4)41-37(40-35)26-18-24(22-13-15-33-29(20-22)27-9-5-7-11-31(27)38-33)17-25(19-26)23-14-16-34-30(21-23)28-10-6-8-12-32(28)39-34;1-33(2)31-11-7-6-10-29(31)30-21-20-28(22-32(30)33)35(27-18-14-25(34)15-19-27)26-16-12-24(13-17-26)23-8-4-3-5-9-23/h3-39H,1-2H3;5-21H,1-4H3;3-22H,1-2H3. The summed E-state index contributed by atoms with van der Waals surface area (Å²) in [6, 6.07) is 161. The fourth-order valence-corrected chi connectivity index (χ4v) is 21.9. The highest BCUT2D eigenvalue weighted by Gasteiger charge is 2.52. The van der Waals surface area contributed by atoms with Crippen molar-refractivity contribution in [3.05, 3.63) is 476 Å². The van der Waals surface area contributed by atoms with E-state index < -0.39 is 18.3 Å². The second kappa shape index (κ2) is 34.6. The molecule has 8 nitrogen and oxygen atoms in total. The van der Waals surface area contributed by atoms with Crippen LogP contribution >= 0.6 is 15.9 Å². The second-order valence-corrected chi connectivity index (χ2v) is 40.7. The maximum absolute atomic E-state index is 6.51. The van der Waals surface area contributed by atoms with Crippen molar-refractivity contribution in [1.82, 2.24) is 0 Å². The van der Waals surface area contributed by atoms with Gasteiger partial charge in [0.1, 0.15) is 44.7 Å². The van der Waals surface area contributed by atoms with Gasteiger partial charge in [-0.2, -0.15) is 0 Å². The van der Waals surface area contributed by atoms with Gasteiger partial charge in [0.25, 0.3) is 0 Å². The maximum atomic E-state index is 6.51. The van der Waals surface area contributed by atoms with Crippen molar-refractivity contribution in [3.63, 3.8) is 0 Å². The molecule has 20 aromatic carbocycles. The molecule has 1 saturated heterocycles. The Labute approximate surface area is 834 Å². The van der Waals surface area contributed by atoms with Crippen molar-refractivity contribution >= 4 is 150 Å². The first-order valence-corrected chi connectivity index (χ1v) is 49.6. The Hall–Kier alpha value is -16.3. The summed E-state index contributed by atoms with van der Waals surface area (Å²) >= 11 is 3.60. The molecular weight excluding hydrogens is 1800 g/mol. The van der Waals surface area contributed by atoms with Crippen LogP contribution in [0.2, 0.25) is 0 Å². The van der Waals surface area contributed by atoms with Gasteiger partial charge >= 0.3 is 7.12 Å². The Bertz CT molecular complexity index is 8780. The van der Waals surface area contributed by atoms with Crippen LogP contribution in [0.1, 0.15) is 77.6 Å². The van der Waals surface area contributed by atoms with Crippen LogP contribution in [-0.2, 0) is 20.1 Å². The van der Waals surface area contributed by atoms with Crippen molar-refractivity contribution < 1.29 is 27.0 Å². The Morgan fingerprint density at radius 1 is 0.190 bits per heavy atom. The Morgan fingerprint density at radius 3 is 0.775 bits per heavy atom. The minimum atomic E-state index is -0.476. The molecule has 3 aliphatic rings. The molecule has 0 radical (unpaired) electrons. The highest BCUT2D eigenvalue weighted by Crippen LogP contribution is 2.55. The lowest BCUT2D eigenvalue weighted by atomic mass is 9.76. The highest BCUT2D eigenvalue weighted by atomic mass is 79.9. The summed E-state index contributed by atoms with van der Waals surface area (Å²) < 4.78 is 38.8. The van der Waals surface area contributed by atoms with E-state index in [1.807, 2.05) is 48.5 Å². The SMILES string of the molecule is CC1(C)OB(c2cc(-c3ccc4oc5ccccc5c4c3)cc(-c3ccc4oc5ccccc5c4c3)c2)OC1(C)C.CC1(C)c2ccccc2-c2ccc(N(c3ccc(-c4ccccc4)cc3)c3ccc(-c4cc(-c5ccc6oc7ccccc7c6c5)cc(-c5ccc6oc7ccccc7c6c5)c4)cc3)cc21.CC1(C)c2ccccc2-c2ccc(N(c3ccc(Br)cc3)c3ccc(-c4ccccc4)cc3)cc21. The Morgan fingerprint density at radius 2 is 0.437 bits per heavy atom. The summed E-state index contributed by atoms with van der Waals surface area (Å²) in [5, 5.41) is 8.90. The van der Waals surface area contributed by atoms with Crippen LogP contribution in [0, 0.1) is 0 Å². The zero-order valence-corrected chi connectivity index (χ0v) is 81.6. The molecule has 0 saturated carbocycles. The van der Waals surface area contributed by atoms with Crippen LogP contribution in [0.4, 0.5) is 34.1 Å². The zero-order valence-electron chi connectivity index (χ0n) is 80.0. The molecule has 0 spiro atoms. The topological polar surface area (TPSA) is 77.5 Å². The van der Waals surface area contributed by atoms with Crippen molar-refractivity contribution in [3.8, 4) is 100 Å². The predicted octanol–water partition coefficient (Wildman–Crippen LogP) is 36.9. The lowest BCUT2D eigenvalue weighted by molar-refractivity contribution is 0.00578. The molecule has 0 N–H and O–H groups in total. The summed E-state index contributed by atoms with van der Waals surface area (Å²) in [6.45, 7) is 17.7. The van der Waals surface area contributed by atoms with E-state index in [4.69, 9.17) is 27.0 Å². The molecule has 0 bridgehead atoms. The van der Waals surface area contributed by atoms with Crippen LogP contribution in [0.3, 0.4) is 0 Å². The molecule has 2 aliphatic carbocycles. The van der Waals surface area contributed by atoms with Gasteiger partial charge in [-0.05, 0) is 338 Å².